The summed E-state index contributed by atoms with van der Waals surface area (Å²) in [6.07, 6.45) is 5.61. The fourth-order valence-corrected chi connectivity index (χ4v) is 2.93. The van der Waals surface area contributed by atoms with Crippen molar-refractivity contribution in [2.75, 3.05) is 13.2 Å². The van der Waals surface area contributed by atoms with Crippen molar-refractivity contribution in [1.29, 1.82) is 0 Å². The van der Waals surface area contributed by atoms with Crippen molar-refractivity contribution in [2.45, 2.75) is 39.3 Å². The van der Waals surface area contributed by atoms with Crippen molar-refractivity contribution < 1.29 is 9.53 Å². The van der Waals surface area contributed by atoms with Crippen molar-refractivity contribution in [1.82, 2.24) is 30.5 Å². The molecule has 0 aliphatic carbocycles. The summed E-state index contributed by atoms with van der Waals surface area (Å²) in [5, 5.41) is 18.2. The molecule has 1 aliphatic heterocycles. The maximum Gasteiger partial charge on any atom is 0.273 e. The standard InChI is InChI=1S/C15H22N6O2/c1-3-21-19-10(2)13(20-21)15(22)16-7-11-5-4-6-23-14(11)12-8-17-18-9-12/h8-9,11,14H,3-7H2,1-2H3,(H,16,22)(H,17,18)/t11-,14+/m0/s1. The van der Waals surface area contributed by atoms with E-state index in [0.29, 0.717) is 24.5 Å². The molecule has 0 spiro atoms. The van der Waals surface area contributed by atoms with E-state index in [1.54, 1.807) is 13.1 Å². The van der Waals surface area contributed by atoms with Crippen LogP contribution >= 0.6 is 0 Å². The Kier molecular flexibility index (Phi) is 4.71. The largest absolute Gasteiger partial charge is 0.373 e. The van der Waals surface area contributed by atoms with Crippen LogP contribution in [0, 0.1) is 12.8 Å². The van der Waals surface area contributed by atoms with Crippen LogP contribution in [-0.4, -0.2) is 44.3 Å². The lowest BCUT2D eigenvalue weighted by atomic mass is 9.91. The van der Waals surface area contributed by atoms with Crippen molar-refractivity contribution in [3.8, 4) is 0 Å². The summed E-state index contributed by atoms with van der Waals surface area (Å²) < 4.78 is 5.87. The number of nitrogens with zero attached hydrogens (tertiary/aromatic N) is 4. The Balaban J connectivity index is 1.64. The van der Waals surface area contributed by atoms with Crippen LogP contribution in [-0.2, 0) is 11.3 Å². The highest BCUT2D eigenvalue weighted by Gasteiger charge is 2.29. The number of nitrogens with one attached hydrogen (secondary N) is 2. The van der Waals surface area contributed by atoms with E-state index in [1.165, 1.54) is 4.80 Å². The molecule has 1 aliphatic rings. The Bertz CT molecular complexity index is 651. The summed E-state index contributed by atoms with van der Waals surface area (Å²) in [7, 11) is 0. The minimum atomic E-state index is -0.182. The van der Waals surface area contributed by atoms with Crippen molar-refractivity contribution in [3.63, 3.8) is 0 Å². The summed E-state index contributed by atoms with van der Waals surface area (Å²) >= 11 is 0. The third-order valence-electron chi connectivity index (χ3n) is 4.14. The normalized spacial score (nSPS) is 21.3. The highest BCUT2D eigenvalue weighted by Crippen LogP contribution is 2.32. The summed E-state index contributed by atoms with van der Waals surface area (Å²) in [6.45, 7) is 5.67. The smallest absolute Gasteiger partial charge is 0.273 e. The Morgan fingerprint density at radius 3 is 3.09 bits per heavy atom. The summed E-state index contributed by atoms with van der Waals surface area (Å²) in [4.78, 5) is 13.9. The number of carbonyl (C=O) groups excluding carboxylic acids is 1. The molecule has 0 saturated carbocycles. The first-order valence-corrected chi connectivity index (χ1v) is 7.99. The van der Waals surface area contributed by atoms with Gasteiger partial charge in [0.15, 0.2) is 5.69 Å². The molecule has 2 aromatic rings. The highest BCUT2D eigenvalue weighted by molar-refractivity contribution is 5.93. The molecule has 1 fully saturated rings. The first-order chi connectivity index (χ1) is 11.2. The number of rotatable bonds is 5. The van der Waals surface area contributed by atoms with Gasteiger partial charge in [-0.2, -0.15) is 15.0 Å². The van der Waals surface area contributed by atoms with Gasteiger partial charge in [0.25, 0.3) is 5.91 Å². The first-order valence-electron chi connectivity index (χ1n) is 7.99. The summed E-state index contributed by atoms with van der Waals surface area (Å²) in [5.74, 6) is 0.0468. The number of hydrogen-bond donors (Lipinski definition) is 2. The Labute approximate surface area is 134 Å². The monoisotopic (exact) mass is 318 g/mol. The fourth-order valence-electron chi connectivity index (χ4n) is 2.93. The van der Waals surface area contributed by atoms with E-state index < -0.39 is 0 Å². The molecule has 124 valence electrons. The third-order valence-corrected chi connectivity index (χ3v) is 4.14. The molecule has 0 aromatic carbocycles. The van der Waals surface area contributed by atoms with Crippen molar-refractivity contribution in [2.24, 2.45) is 5.92 Å². The van der Waals surface area contributed by atoms with Gasteiger partial charge in [-0.3, -0.25) is 9.89 Å². The molecule has 2 aromatic heterocycles. The topological polar surface area (TPSA) is 97.7 Å². The first kappa shape index (κ1) is 15.7. The Morgan fingerprint density at radius 2 is 2.39 bits per heavy atom. The molecule has 8 nitrogen and oxygen atoms in total. The van der Waals surface area contributed by atoms with Crippen LogP contribution in [0.1, 0.15) is 47.6 Å². The van der Waals surface area contributed by atoms with Crippen LogP contribution in [0.2, 0.25) is 0 Å². The van der Waals surface area contributed by atoms with Gasteiger partial charge in [0.1, 0.15) is 0 Å². The van der Waals surface area contributed by atoms with E-state index in [-0.39, 0.29) is 17.9 Å². The quantitative estimate of drug-likeness (QED) is 0.864. The average Bonchev–Trinajstić information content (AvgIpc) is 3.22. The molecule has 0 bridgehead atoms. The second-order valence-electron chi connectivity index (χ2n) is 5.76. The van der Waals surface area contributed by atoms with E-state index in [2.05, 4.69) is 25.7 Å². The van der Waals surface area contributed by atoms with Gasteiger partial charge in [0, 0.05) is 30.8 Å². The number of aromatic amines is 1. The van der Waals surface area contributed by atoms with Gasteiger partial charge in [0.05, 0.1) is 24.5 Å². The predicted molar refractivity (Wildman–Crippen MR) is 82.8 cm³/mol. The fraction of sp³-hybridized carbons (Fsp3) is 0.600. The third kappa shape index (κ3) is 3.42. The minimum absolute atomic E-state index is 0.0322. The molecule has 0 unspecified atom stereocenters. The summed E-state index contributed by atoms with van der Waals surface area (Å²) in [5.41, 5.74) is 2.07. The molecule has 1 saturated heterocycles. The molecular formula is C15H22N6O2. The van der Waals surface area contributed by atoms with E-state index in [0.717, 1.165) is 25.0 Å². The molecule has 3 heterocycles. The number of amides is 1. The van der Waals surface area contributed by atoms with Crippen molar-refractivity contribution in [3.05, 3.63) is 29.3 Å². The van der Waals surface area contributed by atoms with Crippen LogP contribution in [0.15, 0.2) is 12.4 Å². The molecule has 3 rings (SSSR count). The molecular weight excluding hydrogens is 296 g/mol. The van der Waals surface area contributed by atoms with Crippen LogP contribution < -0.4 is 5.32 Å². The lowest BCUT2D eigenvalue weighted by molar-refractivity contribution is -0.0272. The lowest BCUT2D eigenvalue weighted by Gasteiger charge is -2.31. The second kappa shape index (κ2) is 6.91. The SMILES string of the molecule is CCn1nc(C)c(C(=O)NC[C@@H]2CCCO[C@H]2c2cn[nH]c2)n1. The molecule has 1 amide bonds. The minimum Gasteiger partial charge on any atom is -0.373 e. The van der Waals surface area contributed by atoms with Gasteiger partial charge < -0.3 is 10.1 Å². The van der Waals surface area contributed by atoms with Gasteiger partial charge in [-0.05, 0) is 26.7 Å². The van der Waals surface area contributed by atoms with Gasteiger partial charge in [-0.1, -0.05) is 0 Å². The molecule has 2 N–H and O–H groups in total. The summed E-state index contributed by atoms with van der Waals surface area (Å²) in [6, 6.07) is 0. The maximum atomic E-state index is 12.3. The number of hydrogen-bond acceptors (Lipinski definition) is 5. The average molecular weight is 318 g/mol. The Hall–Kier alpha value is -2.22. The van der Waals surface area contributed by atoms with Gasteiger partial charge in [-0.15, -0.1) is 5.10 Å². The second-order valence-corrected chi connectivity index (χ2v) is 5.76. The number of ether oxygens (including phenoxy) is 1. The zero-order valence-corrected chi connectivity index (χ0v) is 13.5. The van der Waals surface area contributed by atoms with E-state index in [1.807, 2.05) is 13.1 Å². The van der Waals surface area contributed by atoms with Gasteiger partial charge >= 0.3 is 0 Å². The van der Waals surface area contributed by atoms with Crippen molar-refractivity contribution >= 4 is 5.91 Å². The Morgan fingerprint density at radius 1 is 1.52 bits per heavy atom. The van der Waals surface area contributed by atoms with E-state index in [9.17, 15) is 4.79 Å². The number of aromatic nitrogens is 5. The van der Waals surface area contributed by atoms with E-state index in [4.69, 9.17) is 4.74 Å². The predicted octanol–water partition coefficient (Wildman–Crippen LogP) is 1.23. The van der Waals surface area contributed by atoms with Crippen LogP contribution in [0.4, 0.5) is 0 Å². The van der Waals surface area contributed by atoms with Gasteiger partial charge in [-0.25, -0.2) is 0 Å². The number of aryl methyl sites for hydroxylation is 2. The maximum absolute atomic E-state index is 12.3. The van der Waals surface area contributed by atoms with Gasteiger partial charge in [0.2, 0.25) is 0 Å². The highest BCUT2D eigenvalue weighted by atomic mass is 16.5. The zero-order valence-electron chi connectivity index (χ0n) is 13.5. The molecule has 2 atom stereocenters. The zero-order chi connectivity index (χ0) is 16.2. The molecule has 0 radical (unpaired) electrons. The number of carbonyl (C=O) groups is 1. The molecule has 23 heavy (non-hydrogen) atoms. The molecule has 8 heteroatoms. The number of H-pyrrole nitrogens is 1. The van der Waals surface area contributed by atoms with Crippen LogP contribution in [0.5, 0.6) is 0 Å². The van der Waals surface area contributed by atoms with E-state index >= 15 is 0 Å². The lowest BCUT2D eigenvalue weighted by Crippen LogP contribution is -2.35. The van der Waals surface area contributed by atoms with Crippen LogP contribution in [0.3, 0.4) is 0 Å². The van der Waals surface area contributed by atoms with Crippen LogP contribution in [0.25, 0.3) is 0 Å².